The van der Waals surface area contributed by atoms with Crippen LogP contribution in [-0.4, -0.2) is 31.3 Å². The molecule has 1 aliphatic heterocycles. The van der Waals surface area contributed by atoms with Crippen molar-refractivity contribution in [2.45, 2.75) is 18.9 Å². The maximum absolute atomic E-state index is 5.70. The minimum Gasteiger partial charge on any atom is -0.491 e. The van der Waals surface area contributed by atoms with Gasteiger partial charge < -0.3 is 9.47 Å². The Morgan fingerprint density at radius 2 is 1.85 bits per heavy atom. The van der Waals surface area contributed by atoms with Gasteiger partial charge in [0.15, 0.2) is 0 Å². The molecule has 0 spiro atoms. The van der Waals surface area contributed by atoms with E-state index >= 15 is 0 Å². The van der Waals surface area contributed by atoms with E-state index in [0.29, 0.717) is 17.0 Å². The number of hydrogen-bond donors (Lipinski definition) is 0. The van der Waals surface area contributed by atoms with Crippen LogP contribution in [0.1, 0.15) is 12.8 Å². The molecule has 20 heavy (non-hydrogen) atoms. The standard InChI is InChI=1S/C15H19ClN2O2/c1-11(13(3)18-15(16)17-4)5-6-12(2)20-14-7-9-19-10-8-14/h5-6,14H,1-4,7-10H2. The highest BCUT2D eigenvalue weighted by molar-refractivity contribution is 6.65. The van der Waals surface area contributed by atoms with Crippen molar-refractivity contribution >= 4 is 23.6 Å². The van der Waals surface area contributed by atoms with Crippen LogP contribution in [0.4, 0.5) is 0 Å². The molecule has 0 aliphatic carbocycles. The van der Waals surface area contributed by atoms with Gasteiger partial charge in [-0.05, 0) is 36.0 Å². The number of nitrogens with zero attached hydrogens (tertiary/aromatic N) is 2. The van der Waals surface area contributed by atoms with Gasteiger partial charge in [-0.15, -0.1) is 0 Å². The summed E-state index contributed by atoms with van der Waals surface area (Å²) in [6.07, 6.45) is 5.38. The summed E-state index contributed by atoms with van der Waals surface area (Å²) in [6, 6.07) is 0. The van der Waals surface area contributed by atoms with Gasteiger partial charge in [0.05, 0.1) is 18.9 Å². The average molecular weight is 295 g/mol. The first-order valence-corrected chi connectivity index (χ1v) is 6.61. The first-order valence-electron chi connectivity index (χ1n) is 6.23. The molecule has 0 N–H and O–H groups in total. The second-order valence-corrected chi connectivity index (χ2v) is 4.58. The fraction of sp³-hybridized carbons (Fsp3) is 0.333. The minimum atomic E-state index is 0.0295. The Morgan fingerprint density at radius 1 is 1.20 bits per heavy atom. The number of ether oxygens (including phenoxy) is 2. The van der Waals surface area contributed by atoms with Crippen molar-refractivity contribution in [1.82, 2.24) is 0 Å². The maximum Gasteiger partial charge on any atom is 0.222 e. The molecule has 1 heterocycles. The lowest BCUT2D eigenvalue weighted by atomic mass is 10.1. The Morgan fingerprint density at radius 3 is 2.45 bits per heavy atom. The SMILES string of the molecule is C=NC(Cl)=NC(=C)C(=C)C=CC(=C)OC1CCOCC1. The molecule has 0 bridgehead atoms. The lowest BCUT2D eigenvalue weighted by Crippen LogP contribution is -2.22. The van der Waals surface area contributed by atoms with E-state index in [4.69, 9.17) is 21.1 Å². The summed E-state index contributed by atoms with van der Waals surface area (Å²) in [7, 11) is 0. The Balaban J connectivity index is 2.45. The van der Waals surface area contributed by atoms with E-state index in [-0.39, 0.29) is 11.4 Å². The van der Waals surface area contributed by atoms with Crippen LogP contribution in [0.15, 0.2) is 58.9 Å². The van der Waals surface area contributed by atoms with Gasteiger partial charge in [-0.25, -0.2) is 9.98 Å². The Kier molecular flexibility index (Phi) is 6.98. The first-order chi connectivity index (χ1) is 9.52. The Bertz CT molecular complexity index is 460. The predicted octanol–water partition coefficient (Wildman–Crippen LogP) is 3.62. The zero-order valence-electron chi connectivity index (χ0n) is 11.5. The van der Waals surface area contributed by atoms with Gasteiger partial charge in [0.2, 0.25) is 5.29 Å². The van der Waals surface area contributed by atoms with E-state index in [0.717, 1.165) is 26.1 Å². The van der Waals surface area contributed by atoms with Crippen LogP contribution in [0.25, 0.3) is 0 Å². The number of hydrogen-bond acceptors (Lipinski definition) is 3. The molecule has 1 fully saturated rings. The van der Waals surface area contributed by atoms with Crippen molar-refractivity contribution in [3.8, 4) is 0 Å². The summed E-state index contributed by atoms with van der Waals surface area (Å²) in [4.78, 5) is 7.38. The van der Waals surface area contributed by atoms with Crippen LogP contribution < -0.4 is 0 Å². The van der Waals surface area contributed by atoms with Crippen molar-refractivity contribution in [2.24, 2.45) is 9.98 Å². The molecule has 108 valence electrons. The van der Waals surface area contributed by atoms with Gasteiger partial charge in [0, 0.05) is 12.8 Å². The zero-order chi connectivity index (χ0) is 15.0. The van der Waals surface area contributed by atoms with Crippen LogP contribution in [-0.2, 0) is 9.47 Å². The predicted molar refractivity (Wildman–Crippen MR) is 84.3 cm³/mol. The number of halogens is 1. The molecular weight excluding hydrogens is 276 g/mol. The number of allylic oxidation sites excluding steroid dienone is 2. The van der Waals surface area contributed by atoms with Crippen LogP contribution in [0.5, 0.6) is 0 Å². The summed E-state index contributed by atoms with van der Waals surface area (Å²) in [5.74, 6) is 0.572. The Hall–Kier alpha value is -1.65. The summed E-state index contributed by atoms with van der Waals surface area (Å²) in [5.41, 5.74) is 1.01. The molecule has 5 heteroatoms. The van der Waals surface area contributed by atoms with Crippen LogP contribution in [0.2, 0.25) is 0 Å². The van der Waals surface area contributed by atoms with Crippen LogP contribution >= 0.6 is 11.6 Å². The van der Waals surface area contributed by atoms with Gasteiger partial charge in [-0.2, -0.15) is 0 Å². The summed E-state index contributed by atoms with van der Waals surface area (Å²) < 4.78 is 11.0. The van der Waals surface area contributed by atoms with Crippen molar-refractivity contribution in [1.29, 1.82) is 0 Å². The van der Waals surface area contributed by atoms with E-state index in [1.165, 1.54) is 0 Å². The highest BCUT2D eigenvalue weighted by atomic mass is 35.5. The molecule has 1 aliphatic rings. The van der Waals surface area contributed by atoms with E-state index < -0.39 is 0 Å². The highest BCUT2D eigenvalue weighted by Gasteiger charge is 2.14. The zero-order valence-corrected chi connectivity index (χ0v) is 12.2. The van der Waals surface area contributed by atoms with Crippen molar-refractivity contribution < 1.29 is 9.47 Å². The quantitative estimate of drug-likeness (QED) is 0.247. The van der Waals surface area contributed by atoms with E-state index in [9.17, 15) is 0 Å². The van der Waals surface area contributed by atoms with E-state index in [1.54, 1.807) is 12.2 Å². The molecule has 0 radical (unpaired) electrons. The second kappa shape index (κ2) is 8.51. The fourth-order valence-corrected chi connectivity index (χ4v) is 1.66. The lowest BCUT2D eigenvalue weighted by Gasteiger charge is -2.23. The molecule has 1 rings (SSSR count). The average Bonchev–Trinajstić information content (AvgIpc) is 2.45. The monoisotopic (exact) mass is 294 g/mol. The van der Waals surface area contributed by atoms with Crippen LogP contribution in [0, 0.1) is 0 Å². The minimum absolute atomic E-state index is 0.0295. The summed E-state index contributed by atoms with van der Waals surface area (Å²) in [5, 5.41) is 0.0295. The van der Waals surface area contributed by atoms with Gasteiger partial charge >= 0.3 is 0 Å². The molecule has 0 unspecified atom stereocenters. The molecule has 0 saturated carbocycles. The molecular formula is C15H19ClN2O2. The maximum atomic E-state index is 5.70. The lowest BCUT2D eigenvalue weighted by molar-refractivity contribution is -0.000305. The summed E-state index contributed by atoms with van der Waals surface area (Å²) >= 11 is 5.64. The van der Waals surface area contributed by atoms with Gasteiger partial charge in [0.25, 0.3) is 0 Å². The normalized spacial score (nSPS) is 16.9. The van der Waals surface area contributed by atoms with Gasteiger partial charge in [-0.1, -0.05) is 19.7 Å². The van der Waals surface area contributed by atoms with E-state index in [2.05, 4.69) is 36.4 Å². The number of aliphatic imine (C=N–C) groups is 2. The fourth-order valence-electron chi connectivity index (χ4n) is 1.56. The number of rotatable bonds is 6. The van der Waals surface area contributed by atoms with Crippen LogP contribution in [0.3, 0.4) is 0 Å². The highest BCUT2D eigenvalue weighted by Crippen LogP contribution is 2.16. The topological polar surface area (TPSA) is 43.2 Å². The number of amidine groups is 1. The third-order valence-corrected chi connectivity index (χ3v) is 2.89. The smallest absolute Gasteiger partial charge is 0.222 e. The molecule has 0 aromatic heterocycles. The molecule has 1 saturated heterocycles. The second-order valence-electron chi connectivity index (χ2n) is 4.24. The van der Waals surface area contributed by atoms with Crippen molar-refractivity contribution in [2.75, 3.05) is 13.2 Å². The molecule has 4 nitrogen and oxygen atoms in total. The third-order valence-electron chi connectivity index (χ3n) is 2.69. The van der Waals surface area contributed by atoms with Crippen molar-refractivity contribution in [3.63, 3.8) is 0 Å². The largest absolute Gasteiger partial charge is 0.491 e. The molecule has 0 atom stereocenters. The summed E-state index contributed by atoms with van der Waals surface area (Å²) in [6.45, 7) is 16.1. The van der Waals surface area contributed by atoms with E-state index in [1.807, 2.05) is 0 Å². The molecule has 0 aromatic carbocycles. The third kappa shape index (κ3) is 5.99. The van der Waals surface area contributed by atoms with Gasteiger partial charge in [0.1, 0.15) is 11.9 Å². The van der Waals surface area contributed by atoms with Gasteiger partial charge in [-0.3, -0.25) is 0 Å². The first kappa shape index (κ1) is 16.4. The van der Waals surface area contributed by atoms with Crippen molar-refractivity contribution in [3.05, 3.63) is 48.9 Å². The molecule has 0 amide bonds. The molecule has 0 aromatic rings. The Labute approximate surface area is 124 Å².